The summed E-state index contributed by atoms with van der Waals surface area (Å²) < 4.78 is 28.6. The minimum Gasteiger partial charge on any atom is -0.330 e. The minimum atomic E-state index is -3.43. The Kier molecular flexibility index (Phi) is 9.52. The molecule has 2 fully saturated rings. The molecule has 1 aliphatic heterocycles. The van der Waals surface area contributed by atoms with E-state index in [9.17, 15) is 13.2 Å². The van der Waals surface area contributed by atoms with Crippen LogP contribution in [0, 0.1) is 5.41 Å². The molecule has 1 saturated carbocycles. The Morgan fingerprint density at radius 3 is 2.33 bits per heavy atom. The first-order chi connectivity index (χ1) is 18.6. The topological polar surface area (TPSA) is 57.7 Å². The predicted octanol–water partition coefficient (Wildman–Crippen LogP) is 7.62. The fraction of sp³-hybridized carbons (Fsp3) is 0.516. The Labute approximate surface area is 244 Å². The van der Waals surface area contributed by atoms with Crippen LogP contribution in [-0.2, 0) is 14.8 Å². The van der Waals surface area contributed by atoms with Gasteiger partial charge in [-0.2, -0.15) is 4.31 Å². The third-order valence-corrected chi connectivity index (χ3v) is 11.6. The molecule has 1 saturated heterocycles. The molecule has 1 aliphatic carbocycles. The van der Waals surface area contributed by atoms with Gasteiger partial charge in [-0.05, 0) is 67.5 Å². The van der Waals surface area contributed by atoms with Crippen LogP contribution < -0.4 is 0 Å². The number of amides is 1. The van der Waals surface area contributed by atoms with Gasteiger partial charge in [-0.3, -0.25) is 4.79 Å². The van der Waals surface area contributed by atoms with Crippen LogP contribution in [0.3, 0.4) is 0 Å². The molecular formula is C31H40Cl2N2O3S. The number of hydrogen-bond acceptors (Lipinski definition) is 3. The third kappa shape index (κ3) is 6.09. The van der Waals surface area contributed by atoms with Gasteiger partial charge >= 0.3 is 0 Å². The van der Waals surface area contributed by atoms with Crippen molar-refractivity contribution in [1.82, 2.24) is 9.21 Å². The van der Waals surface area contributed by atoms with Crippen molar-refractivity contribution in [2.45, 2.75) is 82.5 Å². The van der Waals surface area contributed by atoms with Crippen LogP contribution in [0.5, 0.6) is 0 Å². The molecule has 5 nitrogen and oxygen atoms in total. The quantitative estimate of drug-likeness (QED) is 0.253. The highest BCUT2D eigenvalue weighted by molar-refractivity contribution is 7.89. The van der Waals surface area contributed by atoms with Gasteiger partial charge in [0.05, 0.1) is 16.7 Å². The first-order valence-corrected chi connectivity index (χ1v) is 16.2. The number of likely N-dealkylation sites (N-methyl/N-ethyl adjacent to an activating group) is 1. The number of halogens is 2. The molecule has 2 aliphatic rings. The van der Waals surface area contributed by atoms with Crippen LogP contribution in [0.2, 0.25) is 10.0 Å². The van der Waals surface area contributed by atoms with Gasteiger partial charge in [0.2, 0.25) is 15.9 Å². The molecule has 4 atom stereocenters. The van der Waals surface area contributed by atoms with Gasteiger partial charge in [0, 0.05) is 35.1 Å². The zero-order chi connectivity index (χ0) is 28.4. The number of likely N-dealkylation sites (tertiary alicyclic amines) is 1. The Bertz CT molecular complexity index is 1280. The molecule has 0 bridgehead atoms. The lowest BCUT2D eigenvalue weighted by atomic mass is 9.67. The van der Waals surface area contributed by atoms with Gasteiger partial charge in [0.15, 0.2) is 0 Å². The van der Waals surface area contributed by atoms with E-state index < -0.39 is 15.4 Å². The van der Waals surface area contributed by atoms with Crippen molar-refractivity contribution in [3.05, 3.63) is 82.4 Å². The van der Waals surface area contributed by atoms with E-state index in [1.807, 2.05) is 74.2 Å². The van der Waals surface area contributed by atoms with Gasteiger partial charge in [0.1, 0.15) is 0 Å². The van der Waals surface area contributed by atoms with Crippen molar-refractivity contribution in [2.24, 2.45) is 5.41 Å². The van der Waals surface area contributed by atoms with Crippen molar-refractivity contribution >= 4 is 39.1 Å². The van der Waals surface area contributed by atoms with Crippen molar-refractivity contribution in [1.29, 1.82) is 0 Å². The second kappa shape index (κ2) is 12.3. The monoisotopic (exact) mass is 590 g/mol. The van der Waals surface area contributed by atoms with Crippen LogP contribution in [0.15, 0.2) is 61.2 Å². The summed E-state index contributed by atoms with van der Waals surface area (Å²) in [6.07, 6.45) is 5.95. The Morgan fingerprint density at radius 1 is 1.10 bits per heavy atom. The maximum atomic E-state index is 14.5. The van der Waals surface area contributed by atoms with Gasteiger partial charge in [-0.15, -0.1) is 6.58 Å². The molecule has 39 heavy (non-hydrogen) atoms. The standard InChI is InChI=1S/C31H40Cl2N2O3S/c1-5-18-31(4)20-28(23-10-8-11-25(33)19-23)29(22-14-16-24(32)17-15-22)35(30(31)36)26(6-2)21-34(7-3)39(37,38)27-12-9-13-27/h5,8,10-11,14-17,19,26-29H,1,6-7,9,12-13,18,20-21H2,2-4H3/t26?,28-,29-,31+/m1/s1. The van der Waals surface area contributed by atoms with Crippen LogP contribution in [-0.4, -0.2) is 47.9 Å². The first kappa shape index (κ1) is 30.1. The Hall–Kier alpha value is -1.86. The van der Waals surface area contributed by atoms with Gasteiger partial charge in [0.25, 0.3) is 0 Å². The second-order valence-corrected chi connectivity index (χ2v) is 14.3. The summed E-state index contributed by atoms with van der Waals surface area (Å²) in [6.45, 7) is 10.5. The molecule has 0 radical (unpaired) electrons. The summed E-state index contributed by atoms with van der Waals surface area (Å²) in [4.78, 5) is 16.5. The van der Waals surface area contributed by atoms with E-state index in [0.717, 1.165) is 17.5 Å². The largest absolute Gasteiger partial charge is 0.330 e. The lowest BCUT2D eigenvalue weighted by Gasteiger charge is -2.52. The fourth-order valence-electron chi connectivity index (χ4n) is 6.23. The van der Waals surface area contributed by atoms with Crippen LogP contribution in [0.4, 0.5) is 0 Å². The van der Waals surface area contributed by atoms with E-state index in [-0.39, 0.29) is 35.7 Å². The predicted molar refractivity (Wildman–Crippen MR) is 161 cm³/mol. The highest BCUT2D eigenvalue weighted by Crippen LogP contribution is 2.52. The van der Waals surface area contributed by atoms with Gasteiger partial charge in [-0.1, -0.05) is 80.7 Å². The number of allylic oxidation sites excluding steroid dienone is 1. The highest BCUT2D eigenvalue weighted by Gasteiger charge is 2.51. The molecule has 8 heteroatoms. The molecule has 1 unspecified atom stereocenters. The number of piperidine rings is 1. The Morgan fingerprint density at radius 2 is 1.79 bits per heavy atom. The van der Waals surface area contributed by atoms with Crippen molar-refractivity contribution in [3.63, 3.8) is 0 Å². The average molecular weight is 592 g/mol. The molecule has 1 heterocycles. The lowest BCUT2D eigenvalue weighted by Crippen LogP contribution is -2.58. The molecular weight excluding hydrogens is 551 g/mol. The van der Waals surface area contributed by atoms with Gasteiger partial charge < -0.3 is 4.90 Å². The maximum Gasteiger partial charge on any atom is 0.229 e. The number of sulfonamides is 1. The molecule has 1 amide bonds. The molecule has 0 spiro atoms. The third-order valence-electron chi connectivity index (χ3n) is 8.65. The summed E-state index contributed by atoms with van der Waals surface area (Å²) in [5, 5.41) is 0.954. The van der Waals surface area contributed by atoms with Crippen LogP contribution in [0.25, 0.3) is 0 Å². The minimum absolute atomic E-state index is 0.0320. The molecule has 4 rings (SSSR count). The normalized spacial score (nSPS) is 25.0. The summed E-state index contributed by atoms with van der Waals surface area (Å²) >= 11 is 12.7. The average Bonchev–Trinajstić information content (AvgIpc) is 2.86. The second-order valence-electron chi connectivity index (χ2n) is 11.2. The SMILES string of the molecule is C=CC[C@@]1(C)C[C@H](c2cccc(Cl)c2)[C@@H](c2ccc(Cl)cc2)N(C(CC)CN(CC)S(=O)(=O)C2CCC2)C1=O. The molecule has 0 aromatic heterocycles. The first-order valence-electron chi connectivity index (χ1n) is 14.0. The van der Waals surface area contributed by atoms with Crippen molar-refractivity contribution < 1.29 is 13.2 Å². The van der Waals surface area contributed by atoms with Crippen LogP contribution in [0.1, 0.15) is 82.4 Å². The summed E-state index contributed by atoms with van der Waals surface area (Å²) in [6, 6.07) is 14.9. The number of rotatable bonds is 11. The highest BCUT2D eigenvalue weighted by atomic mass is 35.5. The summed E-state index contributed by atoms with van der Waals surface area (Å²) in [7, 11) is -3.43. The van der Waals surface area contributed by atoms with E-state index in [1.54, 1.807) is 4.31 Å². The summed E-state index contributed by atoms with van der Waals surface area (Å²) in [5.41, 5.74) is 1.34. The number of carbonyl (C=O) groups excluding carboxylic acids is 1. The van der Waals surface area contributed by atoms with E-state index in [4.69, 9.17) is 23.2 Å². The zero-order valence-corrected chi connectivity index (χ0v) is 25.5. The van der Waals surface area contributed by atoms with E-state index >= 15 is 0 Å². The molecule has 2 aromatic carbocycles. The Balaban J connectivity index is 1.85. The van der Waals surface area contributed by atoms with E-state index in [2.05, 4.69) is 12.6 Å². The van der Waals surface area contributed by atoms with E-state index in [1.165, 1.54) is 0 Å². The number of benzene rings is 2. The lowest BCUT2D eigenvalue weighted by molar-refractivity contribution is -0.154. The van der Waals surface area contributed by atoms with Crippen molar-refractivity contribution in [2.75, 3.05) is 13.1 Å². The number of hydrogen-bond donors (Lipinski definition) is 0. The number of nitrogens with zero attached hydrogens (tertiary/aromatic N) is 2. The molecule has 2 aromatic rings. The van der Waals surface area contributed by atoms with E-state index in [0.29, 0.717) is 48.7 Å². The van der Waals surface area contributed by atoms with Crippen LogP contribution >= 0.6 is 23.2 Å². The molecule has 212 valence electrons. The molecule has 0 N–H and O–H groups in total. The van der Waals surface area contributed by atoms with Crippen molar-refractivity contribution in [3.8, 4) is 0 Å². The maximum absolute atomic E-state index is 14.5. The zero-order valence-electron chi connectivity index (χ0n) is 23.2. The summed E-state index contributed by atoms with van der Waals surface area (Å²) in [5.74, 6) is -0.0236. The van der Waals surface area contributed by atoms with Gasteiger partial charge in [-0.25, -0.2) is 8.42 Å². The smallest absolute Gasteiger partial charge is 0.229 e. The number of carbonyl (C=O) groups is 1. The fourth-order valence-corrected chi connectivity index (χ4v) is 8.64.